The van der Waals surface area contributed by atoms with Gasteiger partial charge < -0.3 is 4.74 Å². The number of nitrogens with zero attached hydrogens (tertiary/aromatic N) is 3. The molecule has 0 radical (unpaired) electrons. The SMILES string of the molecule is COc1ccc(-c2ccnc(C3(C#N)CC3)n2)cc1C. The first-order chi connectivity index (χ1) is 9.68. The fourth-order valence-electron chi connectivity index (χ4n) is 2.30. The Morgan fingerprint density at radius 3 is 2.70 bits per heavy atom. The van der Waals surface area contributed by atoms with Crippen molar-refractivity contribution in [3.05, 3.63) is 41.9 Å². The molecule has 20 heavy (non-hydrogen) atoms. The van der Waals surface area contributed by atoms with Crippen LogP contribution in [0.3, 0.4) is 0 Å². The van der Waals surface area contributed by atoms with E-state index in [0.29, 0.717) is 5.82 Å². The molecule has 0 spiro atoms. The van der Waals surface area contributed by atoms with Gasteiger partial charge in [0.15, 0.2) is 0 Å². The average molecular weight is 265 g/mol. The number of hydrogen-bond acceptors (Lipinski definition) is 4. The Bertz CT molecular complexity index is 699. The van der Waals surface area contributed by atoms with Crippen LogP contribution >= 0.6 is 0 Å². The minimum Gasteiger partial charge on any atom is -0.496 e. The number of nitriles is 1. The van der Waals surface area contributed by atoms with Gasteiger partial charge in [-0.3, -0.25) is 0 Å². The summed E-state index contributed by atoms with van der Waals surface area (Å²) in [4.78, 5) is 8.84. The molecule has 3 rings (SSSR count). The van der Waals surface area contributed by atoms with Crippen LogP contribution in [0, 0.1) is 18.3 Å². The van der Waals surface area contributed by atoms with Gasteiger partial charge in [-0.25, -0.2) is 9.97 Å². The van der Waals surface area contributed by atoms with E-state index >= 15 is 0 Å². The van der Waals surface area contributed by atoms with Gasteiger partial charge in [-0.2, -0.15) is 5.26 Å². The van der Waals surface area contributed by atoms with Gasteiger partial charge in [0.25, 0.3) is 0 Å². The van der Waals surface area contributed by atoms with E-state index in [4.69, 9.17) is 4.74 Å². The number of aryl methyl sites for hydroxylation is 1. The second kappa shape index (κ2) is 4.61. The van der Waals surface area contributed by atoms with Crippen LogP contribution in [0.15, 0.2) is 30.5 Å². The third-order valence-electron chi connectivity index (χ3n) is 3.74. The molecule has 4 heteroatoms. The summed E-state index contributed by atoms with van der Waals surface area (Å²) in [5.41, 5.74) is 2.48. The molecule has 0 atom stereocenters. The molecule has 1 saturated carbocycles. The largest absolute Gasteiger partial charge is 0.496 e. The number of benzene rings is 1. The summed E-state index contributed by atoms with van der Waals surface area (Å²) >= 11 is 0. The highest BCUT2D eigenvalue weighted by Gasteiger charge is 2.47. The van der Waals surface area contributed by atoms with Crippen molar-refractivity contribution < 1.29 is 4.74 Å². The van der Waals surface area contributed by atoms with Gasteiger partial charge in [0.05, 0.1) is 18.9 Å². The molecule has 0 N–H and O–H groups in total. The molecule has 1 heterocycles. The maximum atomic E-state index is 9.24. The van der Waals surface area contributed by atoms with E-state index in [0.717, 1.165) is 35.4 Å². The maximum Gasteiger partial charge on any atom is 0.149 e. The third-order valence-corrected chi connectivity index (χ3v) is 3.74. The lowest BCUT2D eigenvalue weighted by Crippen LogP contribution is -2.09. The Kier molecular flexibility index (Phi) is 2.90. The number of ether oxygens (including phenoxy) is 1. The van der Waals surface area contributed by atoms with Crippen LogP contribution < -0.4 is 4.74 Å². The van der Waals surface area contributed by atoms with Gasteiger partial charge in [0.1, 0.15) is 17.0 Å². The molecule has 1 aliphatic carbocycles. The highest BCUT2D eigenvalue weighted by molar-refractivity contribution is 5.62. The third kappa shape index (κ3) is 2.01. The van der Waals surface area contributed by atoms with Gasteiger partial charge in [-0.1, -0.05) is 0 Å². The van der Waals surface area contributed by atoms with Crippen LogP contribution in [0.1, 0.15) is 24.2 Å². The summed E-state index contributed by atoms with van der Waals surface area (Å²) in [7, 11) is 1.66. The molecular formula is C16H15N3O. The Labute approximate surface area is 118 Å². The van der Waals surface area contributed by atoms with Crippen molar-refractivity contribution in [3.8, 4) is 23.1 Å². The van der Waals surface area contributed by atoms with Crippen molar-refractivity contribution in [1.29, 1.82) is 5.26 Å². The van der Waals surface area contributed by atoms with Gasteiger partial charge in [-0.05, 0) is 49.6 Å². The summed E-state index contributed by atoms with van der Waals surface area (Å²) in [6, 6.07) is 10.2. The molecule has 1 aromatic heterocycles. The lowest BCUT2D eigenvalue weighted by molar-refractivity contribution is 0.412. The summed E-state index contributed by atoms with van der Waals surface area (Å²) in [5.74, 6) is 1.50. The van der Waals surface area contributed by atoms with Crippen LogP contribution in [0.25, 0.3) is 11.3 Å². The van der Waals surface area contributed by atoms with Crippen molar-refractivity contribution in [2.45, 2.75) is 25.2 Å². The van der Waals surface area contributed by atoms with Crippen molar-refractivity contribution in [2.24, 2.45) is 0 Å². The van der Waals surface area contributed by atoms with E-state index in [1.165, 1.54) is 0 Å². The van der Waals surface area contributed by atoms with Crippen molar-refractivity contribution in [1.82, 2.24) is 9.97 Å². The molecule has 0 bridgehead atoms. The predicted octanol–water partition coefficient (Wildman–Crippen LogP) is 3.02. The topological polar surface area (TPSA) is 58.8 Å². The normalized spacial score (nSPS) is 15.4. The smallest absolute Gasteiger partial charge is 0.149 e. The first-order valence-corrected chi connectivity index (χ1v) is 6.58. The molecular weight excluding hydrogens is 250 g/mol. The second-order valence-electron chi connectivity index (χ2n) is 5.14. The highest BCUT2D eigenvalue weighted by atomic mass is 16.5. The molecule has 0 unspecified atom stereocenters. The van der Waals surface area contributed by atoms with Crippen LogP contribution in [0.5, 0.6) is 5.75 Å². The number of methoxy groups -OCH3 is 1. The van der Waals surface area contributed by atoms with E-state index in [1.807, 2.05) is 31.2 Å². The van der Waals surface area contributed by atoms with Crippen LogP contribution in [-0.2, 0) is 5.41 Å². The molecule has 2 aromatic rings. The fraction of sp³-hybridized carbons (Fsp3) is 0.312. The summed E-state index contributed by atoms with van der Waals surface area (Å²) in [6.07, 6.45) is 3.44. The minimum absolute atomic E-state index is 0.447. The van der Waals surface area contributed by atoms with Crippen molar-refractivity contribution >= 4 is 0 Å². The van der Waals surface area contributed by atoms with E-state index in [1.54, 1.807) is 13.3 Å². The van der Waals surface area contributed by atoms with E-state index < -0.39 is 5.41 Å². The van der Waals surface area contributed by atoms with Gasteiger partial charge in [0, 0.05) is 11.8 Å². The first kappa shape index (κ1) is 12.6. The molecule has 0 aliphatic heterocycles. The van der Waals surface area contributed by atoms with Crippen molar-refractivity contribution in [2.75, 3.05) is 7.11 Å². The lowest BCUT2D eigenvalue weighted by Gasteiger charge is -2.09. The second-order valence-corrected chi connectivity index (χ2v) is 5.14. The van der Waals surface area contributed by atoms with Crippen LogP contribution in [0.2, 0.25) is 0 Å². The van der Waals surface area contributed by atoms with Crippen LogP contribution in [-0.4, -0.2) is 17.1 Å². The van der Waals surface area contributed by atoms with E-state index in [2.05, 4.69) is 16.0 Å². The zero-order valence-corrected chi connectivity index (χ0v) is 11.6. The summed E-state index contributed by atoms with van der Waals surface area (Å²) in [5, 5.41) is 9.24. The van der Waals surface area contributed by atoms with Gasteiger partial charge in [-0.15, -0.1) is 0 Å². The number of hydrogen-bond donors (Lipinski definition) is 0. The summed E-state index contributed by atoms with van der Waals surface area (Å²) in [6.45, 7) is 2.00. The molecule has 0 saturated heterocycles. The van der Waals surface area contributed by atoms with Gasteiger partial charge in [0.2, 0.25) is 0 Å². The quantitative estimate of drug-likeness (QED) is 0.856. The Morgan fingerprint density at radius 2 is 2.10 bits per heavy atom. The maximum absolute atomic E-state index is 9.24. The number of aromatic nitrogens is 2. The van der Waals surface area contributed by atoms with E-state index in [-0.39, 0.29) is 0 Å². The molecule has 100 valence electrons. The average Bonchev–Trinajstić information content (AvgIpc) is 3.28. The molecule has 4 nitrogen and oxygen atoms in total. The highest BCUT2D eigenvalue weighted by Crippen LogP contribution is 2.46. The monoisotopic (exact) mass is 265 g/mol. The zero-order chi connectivity index (χ0) is 14.2. The van der Waals surface area contributed by atoms with Crippen LogP contribution in [0.4, 0.5) is 0 Å². The van der Waals surface area contributed by atoms with Crippen molar-refractivity contribution in [3.63, 3.8) is 0 Å². The minimum atomic E-state index is -0.447. The fourth-order valence-corrected chi connectivity index (χ4v) is 2.30. The Hall–Kier alpha value is -2.41. The van der Waals surface area contributed by atoms with E-state index in [9.17, 15) is 5.26 Å². The number of rotatable bonds is 3. The lowest BCUT2D eigenvalue weighted by atomic mass is 10.1. The Balaban J connectivity index is 2.01. The zero-order valence-electron chi connectivity index (χ0n) is 11.6. The molecule has 1 fully saturated rings. The summed E-state index contributed by atoms with van der Waals surface area (Å²) < 4.78 is 5.27. The molecule has 1 aromatic carbocycles. The molecule has 0 amide bonds. The first-order valence-electron chi connectivity index (χ1n) is 6.58. The Morgan fingerprint density at radius 1 is 1.30 bits per heavy atom. The molecule has 1 aliphatic rings. The predicted molar refractivity (Wildman–Crippen MR) is 75.3 cm³/mol. The standard InChI is InChI=1S/C16H15N3O/c1-11-9-12(3-4-14(11)20-2)13-5-8-18-15(19-13)16(10-17)6-7-16/h3-5,8-9H,6-7H2,1-2H3. The van der Waals surface area contributed by atoms with Gasteiger partial charge >= 0.3 is 0 Å².